The van der Waals surface area contributed by atoms with E-state index in [1.54, 1.807) is 14.2 Å². The Morgan fingerprint density at radius 1 is 1.20 bits per heavy atom. The van der Waals surface area contributed by atoms with Gasteiger partial charge in [0.1, 0.15) is 0 Å². The van der Waals surface area contributed by atoms with E-state index >= 15 is 0 Å². The van der Waals surface area contributed by atoms with Crippen LogP contribution >= 0.6 is 0 Å². The number of aliphatic imine (C=N–C) groups is 1. The van der Waals surface area contributed by atoms with Crippen LogP contribution in [0.4, 0.5) is 0 Å². The molecule has 0 saturated heterocycles. The summed E-state index contributed by atoms with van der Waals surface area (Å²) in [7, 11) is 3.51. The van der Waals surface area contributed by atoms with Gasteiger partial charge in [0, 0.05) is 33.3 Å². The van der Waals surface area contributed by atoms with Gasteiger partial charge in [0.2, 0.25) is 0 Å². The largest absolute Gasteiger partial charge is 0.383 e. The number of methoxy groups -OCH3 is 1. The van der Waals surface area contributed by atoms with Crippen LogP contribution in [0.2, 0.25) is 0 Å². The van der Waals surface area contributed by atoms with Crippen molar-refractivity contribution < 1.29 is 4.74 Å². The highest BCUT2D eigenvalue weighted by Crippen LogP contribution is 2.10. The molecule has 0 aromatic heterocycles. The Balaban J connectivity index is 4.34. The van der Waals surface area contributed by atoms with Gasteiger partial charge in [-0.1, -0.05) is 27.7 Å². The first-order chi connectivity index (χ1) is 9.58. The number of guanidine groups is 1. The number of hydrogen-bond acceptors (Lipinski definition) is 3. The van der Waals surface area contributed by atoms with Crippen LogP contribution in [-0.2, 0) is 4.74 Å². The minimum atomic E-state index is 0.547. The third-order valence-electron chi connectivity index (χ3n) is 3.40. The summed E-state index contributed by atoms with van der Waals surface area (Å²) >= 11 is 0. The van der Waals surface area contributed by atoms with Crippen LogP contribution in [0.5, 0.6) is 0 Å². The summed E-state index contributed by atoms with van der Waals surface area (Å²) in [5, 5.41) is 6.67. The number of nitrogens with one attached hydrogen (secondary N) is 2. The Morgan fingerprint density at radius 3 is 2.30 bits per heavy atom. The van der Waals surface area contributed by atoms with E-state index in [1.165, 1.54) is 6.42 Å². The van der Waals surface area contributed by atoms with Crippen molar-refractivity contribution in [1.29, 1.82) is 0 Å². The molecule has 2 N–H and O–H groups in total. The number of ether oxygens (including phenoxy) is 1. The van der Waals surface area contributed by atoms with Gasteiger partial charge in [0.05, 0.1) is 6.61 Å². The lowest BCUT2D eigenvalue weighted by atomic mass is 10.0. The fraction of sp³-hybridized carbons (Fsp3) is 0.933. The highest BCUT2D eigenvalue weighted by Gasteiger charge is 2.17. The van der Waals surface area contributed by atoms with E-state index in [4.69, 9.17) is 4.74 Å². The molecule has 5 heteroatoms. The average Bonchev–Trinajstić information content (AvgIpc) is 2.43. The Labute approximate surface area is 125 Å². The molecular formula is C15H34N4O. The maximum Gasteiger partial charge on any atom is 0.191 e. The summed E-state index contributed by atoms with van der Waals surface area (Å²) in [4.78, 5) is 6.75. The molecule has 0 amide bonds. The molecule has 0 aliphatic carbocycles. The van der Waals surface area contributed by atoms with E-state index in [2.05, 4.69) is 48.2 Å². The topological polar surface area (TPSA) is 48.9 Å². The van der Waals surface area contributed by atoms with Gasteiger partial charge >= 0.3 is 0 Å². The molecule has 20 heavy (non-hydrogen) atoms. The quantitative estimate of drug-likeness (QED) is 0.363. The molecule has 1 atom stereocenters. The van der Waals surface area contributed by atoms with Gasteiger partial charge in [-0.25, -0.2) is 0 Å². The number of likely N-dealkylation sites (N-methyl/N-ethyl adjacent to an activating group) is 1. The zero-order chi connectivity index (χ0) is 15.4. The van der Waals surface area contributed by atoms with Crippen molar-refractivity contribution in [3.05, 3.63) is 0 Å². The van der Waals surface area contributed by atoms with E-state index in [1.807, 2.05) is 0 Å². The molecule has 0 saturated carbocycles. The second-order valence-electron chi connectivity index (χ2n) is 5.38. The van der Waals surface area contributed by atoms with Crippen molar-refractivity contribution >= 4 is 5.96 Å². The third-order valence-corrected chi connectivity index (χ3v) is 3.40. The van der Waals surface area contributed by atoms with Crippen LogP contribution in [0.15, 0.2) is 4.99 Å². The molecule has 5 nitrogen and oxygen atoms in total. The molecule has 0 radical (unpaired) electrons. The van der Waals surface area contributed by atoms with Crippen molar-refractivity contribution in [2.75, 3.05) is 46.9 Å². The molecule has 120 valence electrons. The van der Waals surface area contributed by atoms with Crippen LogP contribution < -0.4 is 10.6 Å². The fourth-order valence-electron chi connectivity index (χ4n) is 2.35. The molecule has 0 aliphatic rings. The molecule has 1 unspecified atom stereocenters. The molecule has 0 aromatic carbocycles. The Bertz CT molecular complexity index is 252. The highest BCUT2D eigenvalue weighted by molar-refractivity contribution is 5.79. The SMILES string of the molecule is CCN(CC)C(CNC(=NC)NCCOC)CC(C)C. The Kier molecular flexibility index (Phi) is 11.5. The Hall–Kier alpha value is -0.810. The fourth-order valence-corrected chi connectivity index (χ4v) is 2.35. The average molecular weight is 286 g/mol. The van der Waals surface area contributed by atoms with Crippen molar-refractivity contribution in [2.24, 2.45) is 10.9 Å². The molecule has 0 bridgehead atoms. The summed E-state index contributed by atoms with van der Waals surface area (Å²) in [6.07, 6.45) is 1.20. The first-order valence-corrected chi connectivity index (χ1v) is 7.76. The zero-order valence-corrected chi connectivity index (χ0v) is 14.2. The van der Waals surface area contributed by atoms with Gasteiger partial charge in [0.25, 0.3) is 0 Å². The summed E-state index contributed by atoms with van der Waals surface area (Å²) in [6.45, 7) is 13.6. The van der Waals surface area contributed by atoms with Gasteiger partial charge in [-0.05, 0) is 25.4 Å². The summed E-state index contributed by atoms with van der Waals surface area (Å²) in [6, 6.07) is 0.547. The molecule has 0 fully saturated rings. The first-order valence-electron chi connectivity index (χ1n) is 7.76. The third kappa shape index (κ3) is 8.38. The molecule has 0 spiro atoms. The van der Waals surface area contributed by atoms with Gasteiger partial charge in [-0.15, -0.1) is 0 Å². The zero-order valence-electron chi connectivity index (χ0n) is 14.2. The highest BCUT2D eigenvalue weighted by atomic mass is 16.5. The monoisotopic (exact) mass is 286 g/mol. The second kappa shape index (κ2) is 12.0. The van der Waals surface area contributed by atoms with Crippen LogP contribution in [0, 0.1) is 5.92 Å². The van der Waals surface area contributed by atoms with Crippen molar-refractivity contribution in [1.82, 2.24) is 15.5 Å². The molecule has 0 aliphatic heterocycles. The summed E-state index contributed by atoms with van der Waals surface area (Å²) < 4.78 is 5.03. The lowest BCUT2D eigenvalue weighted by Crippen LogP contribution is -2.48. The molecule has 0 aromatic rings. The molecular weight excluding hydrogens is 252 g/mol. The smallest absolute Gasteiger partial charge is 0.191 e. The number of rotatable bonds is 10. The van der Waals surface area contributed by atoms with E-state index < -0.39 is 0 Å². The summed E-state index contributed by atoms with van der Waals surface area (Å²) in [5.41, 5.74) is 0. The van der Waals surface area contributed by atoms with E-state index in [0.29, 0.717) is 18.6 Å². The van der Waals surface area contributed by atoms with E-state index in [0.717, 1.165) is 32.1 Å². The molecule has 0 heterocycles. The Morgan fingerprint density at radius 2 is 1.85 bits per heavy atom. The standard InChI is InChI=1S/C15H34N4O/c1-7-19(8-2)14(11-13(3)4)12-18-15(16-5)17-9-10-20-6/h13-14H,7-12H2,1-6H3,(H2,16,17,18). The van der Waals surface area contributed by atoms with Crippen LogP contribution in [-0.4, -0.2) is 63.8 Å². The van der Waals surface area contributed by atoms with Gasteiger partial charge in [-0.3, -0.25) is 9.89 Å². The lowest BCUT2D eigenvalue weighted by molar-refractivity contribution is 0.190. The van der Waals surface area contributed by atoms with E-state index in [9.17, 15) is 0 Å². The van der Waals surface area contributed by atoms with Crippen LogP contribution in [0.25, 0.3) is 0 Å². The second-order valence-corrected chi connectivity index (χ2v) is 5.38. The predicted octanol–water partition coefficient (Wildman–Crippen LogP) is 1.55. The van der Waals surface area contributed by atoms with Gasteiger partial charge in [-0.2, -0.15) is 0 Å². The van der Waals surface area contributed by atoms with Crippen molar-refractivity contribution in [3.63, 3.8) is 0 Å². The minimum absolute atomic E-state index is 0.547. The van der Waals surface area contributed by atoms with Gasteiger partial charge in [0.15, 0.2) is 5.96 Å². The lowest BCUT2D eigenvalue weighted by Gasteiger charge is -2.31. The van der Waals surface area contributed by atoms with Crippen molar-refractivity contribution in [2.45, 2.75) is 40.2 Å². The number of nitrogens with zero attached hydrogens (tertiary/aromatic N) is 2. The van der Waals surface area contributed by atoms with Crippen LogP contribution in [0.3, 0.4) is 0 Å². The van der Waals surface area contributed by atoms with Crippen LogP contribution in [0.1, 0.15) is 34.1 Å². The summed E-state index contributed by atoms with van der Waals surface area (Å²) in [5.74, 6) is 1.55. The maximum atomic E-state index is 5.03. The van der Waals surface area contributed by atoms with Crippen molar-refractivity contribution in [3.8, 4) is 0 Å². The maximum absolute atomic E-state index is 5.03. The minimum Gasteiger partial charge on any atom is -0.383 e. The normalized spacial score (nSPS) is 13.9. The van der Waals surface area contributed by atoms with Gasteiger partial charge < -0.3 is 15.4 Å². The van der Waals surface area contributed by atoms with E-state index in [-0.39, 0.29) is 0 Å². The number of hydrogen-bond donors (Lipinski definition) is 2. The first kappa shape index (κ1) is 19.2. The molecule has 0 rings (SSSR count). The predicted molar refractivity (Wildman–Crippen MR) is 87.4 cm³/mol.